The van der Waals surface area contributed by atoms with Crippen molar-refractivity contribution in [2.45, 2.75) is 82.5 Å². The highest BCUT2D eigenvalue weighted by Gasteiger charge is 2.71. The van der Waals surface area contributed by atoms with Crippen LogP contribution in [0.5, 0.6) is 0 Å². The molecule has 3 N–H and O–H groups in total. The van der Waals surface area contributed by atoms with Gasteiger partial charge in [0, 0.05) is 23.3 Å². The van der Waals surface area contributed by atoms with E-state index >= 15 is 0 Å². The maximum absolute atomic E-state index is 13.9. The van der Waals surface area contributed by atoms with Gasteiger partial charge in [0.25, 0.3) is 0 Å². The summed E-state index contributed by atoms with van der Waals surface area (Å²) in [5, 5.41) is 16.8. The molecule has 31 heavy (non-hydrogen) atoms. The Morgan fingerprint density at radius 3 is 2.48 bits per heavy atom. The van der Waals surface area contributed by atoms with Crippen molar-refractivity contribution in [1.29, 1.82) is 0 Å². The number of anilines is 1. The summed E-state index contributed by atoms with van der Waals surface area (Å²) in [6.07, 6.45) is 5.76. The summed E-state index contributed by atoms with van der Waals surface area (Å²) in [6, 6.07) is 4.98. The molecule has 1 aliphatic carbocycles. The van der Waals surface area contributed by atoms with Crippen LogP contribution in [-0.4, -0.2) is 45.9 Å². The molecule has 7 nitrogen and oxygen atoms in total. The van der Waals surface area contributed by atoms with Crippen LogP contribution < -0.4 is 10.6 Å². The summed E-state index contributed by atoms with van der Waals surface area (Å²) in [5.74, 6) is -2.37. The second-order valence-corrected chi connectivity index (χ2v) is 9.56. The number of aliphatic hydroxyl groups is 1. The van der Waals surface area contributed by atoms with Gasteiger partial charge in [-0.3, -0.25) is 24.6 Å². The smallest absolute Gasteiger partial charge is 0.250 e. The SMILES string of the molecule is CCc1cccc2c1NC(=O)[C@@]21N[C@H]([C@@H](C)O)[C@H]2C(=O)N(C3CCCCCC3)C(=O)[C@H]21. The van der Waals surface area contributed by atoms with Crippen molar-refractivity contribution in [3.63, 3.8) is 0 Å². The Bertz CT molecular complexity index is 937. The molecule has 0 bridgehead atoms. The first kappa shape index (κ1) is 20.6. The standard InChI is InChI=1S/C24H31N3O4/c1-3-14-9-8-12-16-20(14)25-23(31)24(16)18-17(19(26-24)13(2)28)21(29)27(22(18)30)15-10-6-4-5-7-11-15/h8-9,12-13,15,17-19,26,28H,3-7,10-11H2,1-2H3,(H,25,31)/t13-,17+,18+,19-,24-/m1/s1. The lowest BCUT2D eigenvalue weighted by Crippen LogP contribution is -2.55. The number of hydrogen-bond donors (Lipinski definition) is 3. The number of benzene rings is 1. The van der Waals surface area contributed by atoms with Gasteiger partial charge in [0.05, 0.1) is 17.9 Å². The van der Waals surface area contributed by atoms with Crippen LogP contribution >= 0.6 is 0 Å². The van der Waals surface area contributed by atoms with Gasteiger partial charge in [-0.05, 0) is 31.7 Å². The van der Waals surface area contributed by atoms with Crippen molar-refractivity contribution in [1.82, 2.24) is 10.2 Å². The number of fused-ring (bicyclic) bond motifs is 4. The van der Waals surface area contributed by atoms with Crippen LogP contribution in [0.1, 0.15) is 63.5 Å². The summed E-state index contributed by atoms with van der Waals surface area (Å²) in [7, 11) is 0. The Labute approximate surface area is 182 Å². The largest absolute Gasteiger partial charge is 0.392 e. The molecule has 1 aromatic carbocycles. The summed E-state index contributed by atoms with van der Waals surface area (Å²) in [5.41, 5.74) is 1.14. The van der Waals surface area contributed by atoms with Crippen LogP contribution in [0.4, 0.5) is 5.69 Å². The molecule has 3 amide bonds. The Morgan fingerprint density at radius 2 is 1.84 bits per heavy atom. The van der Waals surface area contributed by atoms with Crippen LogP contribution in [0, 0.1) is 11.8 Å². The van der Waals surface area contributed by atoms with Crippen molar-refractivity contribution in [2.24, 2.45) is 11.8 Å². The highest BCUT2D eigenvalue weighted by molar-refractivity contribution is 6.15. The molecule has 7 heteroatoms. The first-order valence-corrected chi connectivity index (χ1v) is 11.7. The molecular weight excluding hydrogens is 394 g/mol. The van der Waals surface area contributed by atoms with Crippen molar-refractivity contribution >= 4 is 23.4 Å². The van der Waals surface area contributed by atoms with E-state index in [1.165, 1.54) is 4.90 Å². The van der Waals surface area contributed by atoms with Gasteiger partial charge in [-0.15, -0.1) is 0 Å². The Morgan fingerprint density at radius 1 is 1.13 bits per heavy atom. The molecule has 3 heterocycles. The van der Waals surface area contributed by atoms with Crippen LogP contribution in [0.3, 0.4) is 0 Å². The number of carbonyl (C=O) groups is 3. The molecule has 166 valence electrons. The Kier molecular flexibility index (Phi) is 4.94. The van der Waals surface area contributed by atoms with Gasteiger partial charge in [0.1, 0.15) is 5.54 Å². The van der Waals surface area contributed by atoms with Gasteiger partial charge in [-0.25, -0.2) is 0 Å². The van der Waals surface area contributed by atoms with Crippen molar-refractivity contribution in [2.75, 3.05) is 5.32 Å². The molecule has 5 rings (SSSR count). The van der Waals surface area contributed by atoms with Crippen LogP contribution in [0.15, 0.2) is 18.2 Å². The van der Waals surface area contributed by atoms with E-state index in [4.69, 9.17) is 0 Å². The molecule has 3 aliphatic heterocycles. The zero-order chi connectivity index (χ0) is 21.9. The third-order valence-electron chi connectivity index (χ3n) is 7.90. The van der Waals surface area contributed by atoms with E-state index in [1.807, 2.05) is 25.1 Å². The molecule has 0 aromatic heterocycles. The molecular formula is C24H31N3O4. The minimum atomic E-state index is -1.32. The number of likely N-dealkylation sites (tertiary alicyclic amines) is 1. The van der Waals surface area contributed by atoms with E-state index in [0.717, 1.165) is 61.8 Å². The Hall–Kier alpha value is -2.25. The van der Waals surface area contributed by atoms with Gasteiger partial charge >= 0.3 is 0 Å². The number of nitrogens with zero attached hydrogens (tertiary/aromatic N) is 1. The molecule has 1 spiro atoms. The summed E-state index contributed by atoms with van der Waals surface area (Å²) < 4.78 is 0. The number of para-hydroxylation sites is 1. The molecule has 2 saturated heterocycles. The number of nitrogens with one attached hydrogen (secondary N) is 2. The predicted molar refractivity (Wildman–Crippen MR) is 115 cm³/mol. The minimum Gasteiger partial charge on any atom is -0.392 e. The monoisotopic (exact) mass is 425 g/mol. The van der Waals surface area contributed by atoms with E-state index in [-0.39, 0.29) is 23.8 Å². The molecule has 1 aromatic rings. The average Bonchev–Trinajstić information content (AvgIpc) is 3.23. The fourth-order valence-corrected chi connectivity index (χ4v) is 6.43. The van der Waals surface area contributed by atoms with Gasteiger partial charge < -0.3 is 10.4 Å². The fourth-order valence-electron chi connectivity index (χ4n) is 6.43. The normalized spacial score (nSPS) is 34.1. The molecule has 3 fully saturated rings. The average molecular weight is 426 g/mol. The summed E-state index contributed by atoms with van der Waals surface area (Å²) in [4.78, 5) is 42.4. The van der Waals surface area contributed by atoms with Crippen molar-refractivity contribution in [3.8, 4) is 0 Å². The van der Waals surface area contributed by atoms with E-state index in [9.17, 15) is 19.5 Å². The van der Waals surface area contributed by atoms with Crippen molar-refractivity contribution < 1.29 is 19.5 Å². The highest BCUT2D eigenvalue weighted by Crippen LogP contribution is 2.54. The Balaban J connectivity index is 1.63. The molecule has 4 aliphatic rings. The van der Waals surface area contributed by atoms with Gasteiger partial charge in [0.2, 0.25) is 17.7 Å². The number of hydrogen-bond acceptors (Lipinski definition) is 5. The molecule has 5 atom stereocenters. The zero-order valence-corrected chi connectivity index (χ0v) is 18.2. The maximum Gasteiger partial charge on any atom is 0.250 e. The second kappa shape index (κ2) is 7.41. The number of imide groups is 1. The number of aryl methyl sites for hydroxylation is 1. The van der Waals surface area contributed by atoms with Gasteiger partial charge in [0.15, 0.2) is 0 Å². The van der Waals surface area contributed by atoms with Crippen LogP contribution in [0.25, 0.3) is 0 Å². The lowest BCUT2D eigenvalue weighted by Gasteiger charge is -2.32. The van der Waals surface area contributed by atoms with Crippen molar-refractivity contribution in [3.05, 3.63) is 29.3 Å². The molecule has 0 radical (unpaired) electrons. The first-order valence-electron chi connectivity index (χ1n) is 11.7. The number of rotatable bonds is 3. The second-order valence-electron chi connectivity index (χ2n) is 9.56. The van der Waals surface area contributed by atoms with Gasteiger partial charge in [-0.1, -0.05) is 50.8 Å². The number of aliphatic hydroxyl groups excluding tert-OH is 1. The van der Waals surface area contributed by atoms with Crippen LogP contribution in [0.2, 0.25) is 0 Å². The molecule has 1 saturated carbocycles. The number of carbonyl (C=O) groups excluding carboxylic acids is 3. The first-order chi connectivity index (χ1) is 14.9. The van der Waals surface area contributed by atoms with E-state index in [2.05, 4.69) is 10.6 Å². The summed E-state index contributed by atoms with van der Waals surface area (Å²) in [6.45, 7) is 3.64. The molecule has 0 unspecified atom stereocenters. The minimum absolute atomic E-state index is 0.106. The van der Waals surface area contributed by atoms with Crippen LogP contribution in [-0.2, 0) is 26.3 Å². The predicted octanol–water partition coefficient (Wildman–Crippen LogP) is 2.07. The number of amides is 3. The highest BCUT2D eigenvalue weighted by atomic mass is 16.3. The lowest BCUT2D eigenvalue weighted by atomic mass is 9.76. The zero-order valence-electron chi connectivity index (χ0n) is 18.2. The third-order valence-corrected chi connectivity index (χ3v) is 7.90. The lowest BCUT2D eigenvalue weighted by molar-refractivity contribution is -0.146. The fraction of sp³-hybridized carbons (Fsp3) is 0.625. The van der Waals surface area contributed by atoms with E-state index < -0.39 is 29.5 Å². The third kappa shape index (κ3) is 2.75. The maximum atomic E-state index is 13.9. The summed E-state index contributed by atoms with van der Waals surface area (Å²) >= 11 is 0. The van der Waals surface area contributed by atoms with E-state index in [0.29, 0.717) is 0 Å². The van der Waals surface area contributed by atoms with Gasteiger partial charge in [-0.2, -0.15) is 0 Å². The topological polar surface area (TPSA) is 98.7 Å². The quantitative estimate of drug-likeness (QED) is 0.509. The van der Waals surface area contributed by atoms with E-state index in [1.54, 1.807) is 6.92 Å².